The molecule has 0 fully saturated rings. The van der Waals surface area contributed by atoms with Crippen molar-refractivity contribution in [2.24, 2.45) is 0 Å². The molecule has 0 aliphatic heterocycles. The van der Waals surface area contributed by atoms with Crippen molar-refractivity contribution in [2.75, 3.05) is 0 Å². The molecular formula is C14H19. The molecule has 0 bridgehead atoms. The van der Waals surface area contributed by atoms with Gasteiger partial charge in [-0.05, 0) is 44.6 Å². The van der Waals surface area contributed by atoms with Gasteiger partial charge in [0.1, 0.15) is 0 Å². The molecule has 0 nitrogen and oxygen atoms in total. The van der Waals surface area contributed by atoms with Crippen molar-refractivity contribution in [2.45, 2.75) is 38.5 Å². The summed E-state index contributed by atoms with van der Waals surface area (Å²) in [5.41, 5.74) is 0. The third kappa shape index (κ3) is 6.47. The summed E-state index contributed by atoms with van der Waals surface area (Å²) in [5, 5.41) is 0. The highest BCUT2D eigenvalue weighted by Crippen LogP contribution is 2.03. The van der Waals surface area contributed by atoms with Gasteiger partial charge < -0.3 is 0 Å². The second kappa shape index (κ2) is 8.55. The molecule has 1 radical (unpaired) electrons. The van der Waals surface area contributed by atoms with E-state index in [0.29, 0.717) is 0 Å². The van der Waals surface area contributed by atoms with E-state index in [-0.39, 0.29) is 0 Å². The predicted octanol–water partition coefficient (Wildman–Crippen LogP) is 4.37. The smallest absolute Gasteiger partial charge is 0.00946 e. The van der Waals surface area contributed by atoms with Gasteiger partial charge in [-0.15, -0.1) is 0 Å². The maximum absolute atomic E-state index is 3.22. The molecule has 0 amide bonds. The highest BCUT2D eigenvalue weighted by atomic mass is 13.9. The van der Waals surface area contributed by atoms with E-state index >= 15 is 0 Å². The zero-order chi connectivity index (χ0) is 9.90. The lowest BCUT2D eigenvalue weighted by molar-refractivity contribution is 0.760. The predicted molar refractivity (Wildman–Crippen MR) is 62.9 cm³/mol. The fraction of sp³-hybridized carbons (Fsp3) is 0.429. The fourth-order valence-electron chi connectivity index (χ4n) is 1.37. The van der Waals surface area contributed by atoms with E-state index in [1.165, 1.54) is 25.7 Å². The maximum atomic E-state index is 3.22. The van der Waals surface area contributed by atoms with E-state index in [1.54, 1.807) is 0 Å². The second-order valence-electron chi connectivity index (χ2n) is 3.47. The minimum absolute atomic E-state index is 0.945. The fourth-order valence-corrected chi connectivity index (χ4v) is 1.37. The van der Waals surface area contributed by atoms with Gasteiger partial charge in [-0.2, -0.15) is 0 Å². The van der Waals surface area contributed by atoms with Crippen LogP contribution in [-0.2, 0) is 0 Å². The average Bonchev–Trinajstić information content (AvgIpc) is 2.22. The summed E-state index contributed by atoms with van der Waals surface area (Å²) in [6.07, 6.45) is 25.5. The lowest BCUT2D eigenvalue weighted by atomic mass is 10.1. The molecule has 1 aliphatic rings. The van der Waals surface area contributed by atoms with Gasteiger partial charge in [-0.25, -0.2) is 0 Å². The Hall–Kier alpha value is -1.04. The monoisotopic (exact) mass is 187 g/mol. The largest absolute Gasteiger partial charge is 0.0882 e. The molecule has 0 spiro atoms. The summed E-state index contributed by atoms with van der Waals surface area (Å²) in [7, 11) is 0. The lowest BCUT2D eigenvalue weighted by Gasteiger charge is -1.93. The zero-order valence-electron chi connectivity index (χ0n) is 8.78. The van der Waals surface area contributed by atoms with Crippen LogP contribution in [0.5, 0.6) is 0 Å². The van der Waals surface area contributed by atoms with Crippen LogP contribution in [0.15, 0.2) is 42.5 Å². The van der Waals surface area contributed by atoms with Gasteiger partial charge in [0.25, 0.3) is 0 Å². The number of allylic oxidation sites excluding steroid dienone is 8. The molecule has 0 aromatic heterocycles. The molecule has 0 unspecified atom stereocenters. The topological polar surface area (TPSA) is 0 Å². The van der Waals surface area contributed by atoms with E-state index in [0.717, 1.165) is 12.8 Å². The van der Waals surface area contributed by atoms with Crippen LogP contribution in [0, 0.1) is 6.08 Å². The Morgan fingerprint density at radius 3 is 2.43 bits per heavy atom. The summed E-state index contributed by atoms with van der Waals surface area (Å²) in [6, 6.07) is 0. The molecule has 0 aromatic rings. The molecular weight excluding hydrogens is 168 g/mol. The first-order valence-corrected chi connectivity index (χ1v) is 5.52. The van der Waals surface area contributed by atoms with Gasteiger partial charge in [-0.1, -0.05) is 42.5 Å². The van der Waals surface area contributed by atoms with Crippen LogP contribution in [0.25, 0.3) is 0 Å². The van der Waals surface area contributed by atoms with Gasteiger partial charge in [0.2, 0.25) is 0 Å². The standard InChI is InChI=1S/C14H19/c1-2-4-6-8-10-12-14-13-11-9-7-5-3-1/h1-3,6,8-9,11H,4,7,10,12-14H2/b2-1-,5-3?,8-6-,11-9+. The van der Waals surface area contributed by atoms with Crippen LogP contribution in [0.2, 0.25) is 0 Å². The first kappa shape index (κ1) is 11.0. The van der Waals surface area contributed by atoms with E-state index in [2.05, 4.69) is 42.5 Å². The number of hydrogen-bond acceptors (Lipinski definition) is 0. The third-order valence-corrected chi connectivity index (χ3v) is 2.18. The van der Waals surface area contributed by atoms with Gasteiger partial charge in [0.05, 0.1) is 0 Å². The molecule has 0 heteroatoms. The summed E-state index contributed by atoms with van der Waals surface area (Å²) < 4.78 is 0. The van der Waals surface area contributed by atoms with Crippen molar-refractivity contribution in [3.8, 4) is 0 Å². The molecule has 0 heterocycles. The molecule has 0 N–H and O–H groups in total. The summed E-state index contributed by atoms with van der Waals surface area (Å²) in [6.45, 7) is 0. The second-order valence-corrected chi connectivity index (χ2v) is 3.47. The van der Waals surface area contributed by atoms with Crippen LogP contribution < -0.4 is 0 Å². The van der Waals surface area contributed by atoms with Crippen LogP contribution >= 0.6 is 0 Å². The lowest BCUT2D eigenvalue weighted by Crippen LogP contribution is -1.73. The van der Waals surface area contributed by atoms with E-state index in [1.807, 2.05) is 6.08 Å². The summed E-state index contributed by atoms with van der Waals surface area (Å²) in [5.74, 6) is 0. The first-order valence-electron chi connectivity index (χ1n) is 5.52. The Labute approximate surface area is 87.7 Å². The van der Waals surface area contributed by atoms with E-state index < -0.39 is 0 Å². The maximum Gasteiger partial charge on any atom is -0.00946 e. The van der Waals surface area contributed by atoms with Crippen LogP contribution in [0.1, 0.15) is 38.5 Å². The molecule has 1 aliphatic carbocycles. The van der Waals surface area contributed by atoms with Crippen molar-refractivity contribution < 1.29 is 0 Å². The van der Waals surface area contributed by atoms with E-state index in [9.17, 15) is 0 Å². The van der Waals surface area contributed by atoms with Gasteiger partial charge in [0.15, 0.2) is 0 Å². The molecule has 0 saturated heterocycles. The number of rotatable bonds is 0. The Balaban J connectivity index is 2.35. The zero-order valence-corrected chi connectivity index (χ0v) is 8.78. The molecule has 0 atom stereocenters. The first-order chi connectivity index (χ1) is 7.00. The van der Waals surface area contributed by atoms with Crippen LogP contribution in [0.4, 0.5) is 0 Å². The molecule has 75 valence electrons. The molecule has 1 rings (SSSR count). The highest BCUT2D eigenvalue weighted by Gasteiger charge is 1.83. The highest BCUT2D eigenvalue weighted by molar-refractivity contribution is 5.03. The van der Waals surface area contributed by atoms with Gasteiger partial charge in [-0.3, -0.25) is 0 Å². The Kier molecular flexibility index (Phi) is 6.74. The molecule has 14 heavy (non-hydrogen) atoms. The Morgan fingerprint density at radius 2 is 1.57 bits per heavy atom. The average molecular weight is 187 g/mol. The number of hydrogen-bond donors (Lipinski definition) is 0. The molecule has 0 aromatic carbocycles. The van der Waals surface area contributed by atoms with Crippen molar-refractivity contribution in [3.63, 3.8) is 0 Å². The van der Waals surface area contributed by atoms with Gasteiger partial charge >= 0.3 is 0 Å². The summed E-state index contributed by atoms with van der Waals surface area (Å²) in [4.78, 5) is 0. The van der Waals surface area contributed by atoms with Crippen molar-refractivity contribution >= 4 is 0 Å². The third-order valence-electron chi connectivity index (χ3n) is 2.18. The van der Waals surface area contributed by atoms with Crippen molar-refractivity contribution in [1.29, 1.82) is 0 Å². The quantitative estimate of drug-likeness (QED) is 0.494. The SMILES string of the molecule is [C]1=C/C=C\C/C=C\CCCC/C=C/C/1. The molecule has 0 saturated carbocycles. The van der Waals surface area contributed by atoms with Gasteiger partial charge in [0, 0.05) is 0 Å². The minimum atomic E-state index is 0.945. The van der Waals surface area contributed by atoms with Crippen LogP contribution in [-0.4, -0.2) is 0 Å². The van der Waals surface area contributed by atoms with E-state index in [4.69, 9.17) is 0 Å². The Morgan fingerprint density at radius 1 is 0.786 bits per heavy atom. The Bertz CT molecular complexity index is 202. The van der Waals surface area contributed by atoms with Crippen LogP contribution in [0.3, 0.4) is 0 Å². The minimum Gasteiger partial charge on any atom is -0.0882 e. The normalized spacial score (nSPS) is 28.6. The van der Waals surface area contributed by atoms with Crippen molar-refractivity contribution in [3.05, 3.63) is 48.6 Å². The summed E-state index contributed by atoms with van der Waals surface area (Å²) >= 11 is 0. The van der Waals surface area contributed by atoms with Crippen molar-refractivity contribution in [1.82, 2.24) is 0 Å².